The number of pyridine rings is 1. The first-order valence-corrected chi connectivity index (χ1v) is 12.7. The Balaban J connectivity index is 1.90. The minimum atomic E-state index is 0.118. The van der Waals surface area contributed by atoms with Crippen molar-refractivity contribution in [2.75, 3.05) is 0 Å². The molecule has 1 aliphatic heterocycles. The summed E-state index contributed by atoms with van der Waals surface area (Å²) in [6, 6.07) is 23.2. The number of nitrogens with zero attached hydrogens (tertiary/aromatic N) is 1. The Hall–Kier alpha value is -2.67. The third-order valence-electron chi connectivity index (χ3n) is 8.19. The molecule has 0 bridgehead atoms. The van der Waals surface area contributed by atoms with Gasteiger partial charge in [0, 0.05) is 24.8 Å². The van der Waals surface area contributed by atoms with Crippen LogP contribution in [0, 0.1) is 0 Å². The lowest BCUT2D eigenvalue weighted by Crippen LogP contribution is -2.62. The largest absolute Gasteiger partial charge is 0.221 e. The van der Waals surface area contributed by atoms with Crippen molar-refractivity contribution in [1.82, 2.24) is 0 Å². The quantitative estimate of drug-likeness (QED) is 0.275. The molecule has 1 aliphatic rings. The molecule has 0 N–H and O–H groups in total. The average Bonchev–Trinajstić information content (AvgIpc) is 2.84. The molecule has 5 rings (SSSR count). The van der Waals surface area contributed by atoms with Crippen LogP contribution in [0.25, 0.3) is 32.8 Å². The Kier molecular flexibility index (Phi) is 5.53. The Morgan fingerprint density at radius 1 is 0.812 bits per heavy atom. The fourth-order valence-electron chi connectivity index (χ4n) is 6.49. The summed E-state index contributed by atoms with van der Waals surface area (Å²) in [7, 11) is 0. The van der Waals surface area contributed by atoms with Gasteiger partial charge < -0.3 is 0 Å². The van der Waals surface area contributed by atoms with Crippen LogP contribution in [0.2, 0.25) is 0 Å². The van der Waals surface area contributed by atoms with Gasteiger partial charge in [-0.05, 0) is 64.7 Å². The van der Waals surface area contributed by atoms with Crippen molar-refractivity contribution in [3.8, 4) is 11.3 Å². The molecule has 0 saturated carbocycles. The van der Waals surface area contributed by atoms with E-state index in [4.69, 9.17) is 0 Å². The number of fused-ring (bicyclic) bond motifs is 6. The summed E-state index contributed by atoms with van der Waals surface area (Å²) in [6.45, 7) is 9.43. The summed E-state index contributed by atoms with van der Waals surface area (Å²) in [6.07, 6.45) is 9.51. The molecule has 2 heterocycles. The van der Waals surface area contributed by atoms with Gasteiger partial charge in [0.05, 0.1) is 10.9 Å². The van der Waals surface area contributed by atoms with Gasteiger partial charge >= 0.3 is 0 Å². The van der Waals surface area contributed by atoms with Crippen molar-refractivity contribution in [1.29, 1.82) is 0 Å². The zero-order chi connectivity index (χ0) is 22.3. The zero-order valence-corrected chi connectivity index (χ0v) is 20.1. The van der Waals surface area contributed by atoms with Crippen molar-refractivity contribution in [3.05, 3.63) is 78.0 Å². The topological polar surface area (TPSA) is 3.88 Å². The maximum absolute atomic E-state index is 2.67. The molecule has 4 aromatic rings. The highest BCUT2D eigenvalue weighted by molar-refractivity contribution is 5.99. The Bertz CT molecular complexity index is 1280. The van der Waals surface area contributed by atoms with E-state index >= 15 is 0 Å². The van der Waals surface area contributed by atoms with Crippen molar-refractivity contribution in [2.45, 2.75) is 77.7 Å². The monoisotopic (exact) mass is 422 g/mol. The van der Waals surface area contributed by atoms with Gasteiger partial charge in [0.1, 0.15) is 0 Å². The highest BCUT2D eigenvalue weighted by Crippen LogP contribution is 2.49. The summed E-state index contributed by atoms with van der Waals surface area (Å²) < 4.78 is 2.67. The number of hydrogen-bond acceptors (Lipinski definition) is 0. The van der Waals surface area contributed by atoms with Crippen molar-refractivity contribution >= 4 is 21.5 Å². The molecule has 3 aromatic carbocycles. The molecular weight excluding hydrogens is 386 g/mol. The lowest BCUT2D eigenvalue weighted by Gasteiger charge is -2.40. The third kappa shape index (κ3) is 3.01. The van der Waals surface area contributed by atoms with E-state index in [-0.39, 0.29) is 5.54 Å². The van der Waals surface area contributed by atoms with Gasteiger partial charge in [0.25, 0.3) is 0 Å². The van der Waals surface area contributed by atoms with E-state index < -0.39 is 0 Å². The lowest BCUT2D eigenvalue weighted by molar-refractivity contribution is -0.761. The standard InChI is InChI=1S/C31H36N/c1-5-9-13-22-16-12-17-26-25(22)18-19-32-30(26)28-21-24-15-11-10-14-23(24)20-27(28)29(6-2)31(32,7-3)8-4/h10-12,14-21,29H,5-9,13H2,1-4H3/q+1. The van der Waals surface area contributed by atoms with Crippen LogP contribution >= 0.6 is 0 Å². The second-order valence-electron chi connectivity index (χ2n) is 9.57. The molecule has 1 aromatic heterocycles. The maximum atomic E-state index is 2.67. The molecule has 1 atom stereocenters. The predicted octanol–water partition coefficient (Wildman–Crippen LogP) is 8.31. The molecule has 0 radical (unpaired) electrons. The molecule has 0 fully saturated rings. The number of unbranched alkanes of at least 4 members (excludes halogenated alkanes) is 1. The van der Waals surface area contributed by atoms with Crippen LogP contribution in [-0.4, -0.2) is 0 Å². The first kappa shape index (κ1) is 21.2. The predicted molar refractivity (Wildman–Crippen MR) is 137 cm³/mol. The van der Waals surface area contributed by atoms with Crippen molar-refractivity contribution < 1.29 is 4.57 Å². The van der Waals surface area contributed by atoms with Crippen molar-refractivity contribution in [2.24, 2.45) is 0 Å². The first-order chi connectivity index (χ1) is 15.7. The van der Waals surface area contributed by atoms with Gasteiger partial charge in [-0.1, -0.05) is 70.5 Å². The highest BCUT2D eigenvalue weighted by atomic mass is 15.1. The fourth-order valence-corrected chi connectivity index (χ4v) is 6.49. The van der Waals surface area contributed by atoms with Crippen molar-refractivity contribution in [3.63, 3.8) is 0 Å². The maximum Gasteiger partial charge on any atom is 0.221 e. The first-order valence-electron chi connectivity index (χ1n) is 12.7. The van der Waals surface area contributed by atoms with Crippen LogP contribution in [-0.2, 0) is 12.0 Å². The molecule has 0 saturated heterocycles. The van der Waals surface area contributed by atoms with Gasteiger partial charge in [-0.15, -0.1) is 0 Å². The summed E-state index contributed by atoms with van der Waals surface area (Å²) in [4.78, 5) is 0. The minimum Gasteiger partial charge on any atom is -0.192 e. The summed E-state index contributed by atoms with van der Waals surface area (Å²) >= 11 is 0. The summed E-state index contributed by atoms with van der Waals surface area (Å²) in [5, 5.41) is 5.55. The Morgan fingerprint density at radius 3 is 2.25 bits per heavy atom. The van der Waals surface area contributed by atoms with Crippen LogP contribution in [0.4, 0.5) is 0 Å². The Morgan fingerprint density at radius 2 is 1.56 bits per heavy atom. The zero-order valence-electron chi connectivity index (χ0n) is 20.1. The van der Waals surface area contributed by atoms with E-state index in [1.54, 1.807) is 5.56 Å². The molecule has 164 valence electrons. The number of aryl methyl sites for hydroxylation is 1. The third-order valence-corrected chi connectivity index (χ3v) is 8.19. The summed E-state index contributed by atoms with van der Waals surface area (Å²) in [5.74, 6) is 0.523. The van der Waals surface area contributed by atoms with E-state index in [9.17, 15) is 0 Å². The molecule has 32 heavy (non-hydrogen) atoms. The van der Waals surface area contributed by atoms with E-state index in [0.717, 1.165) is 25.7 Å². The second kappa shape index (κ2) is 8.35. The van der Waals surface area contributed by atoms with Crippen LogP contribution in [0.5, 0.6) is 0 Å². The minimum absolute atomic E-state index is 0.118. The molecule has 1 heteroatoms. The van der Waals surface area contributed by atoms with E-state index in [1.165, 1.54) is 51.2 Å². The molecule has 1 unspecified atom stereocenters. The molecule has 0 spiro atoms. The number of aromatic nitrogens is 1. The smallest absolute Gasteiger partial charge is 0.192 e. The summed E-state index contributed by atoms with van der Waals surface area (Å²) in [5.41, 5.74) is 6.02. The average molecular weight is 423 g/mol. The molecular formula is C31H36N+. The number of benzene rings is 3. The SMILES string of the molecule is CCCCc1cccc2c3[n+](ccc12)C(CC)(CC)C(CC)c1cc2ccccc2cc1-3. The molecule has 1 nitrogen and oxygen atoms in total. The molecule has 0 aliphatic carbocycles. The van der Waals surface area contributed by atoms with Crippen LogP contribution in [0.15, 0.2) is 66.9 Å². The number of hydrogen-bond donors (Lipinski definition) is 0. The second-order valence-corrected chi connectivity index (χ2v) is 9.57. The van der Waals surface area contributed by atoms with E-state index in [2.05, 4.69) is 99.1 Å². The lowest BCUT2D eigenvalue weighted by atomic mass is 9.68. The van der Waals surface area contributed by atoms with Gasteiger partial charge in [0.15, 0.2) is 11.7 Å². The molecule has 0 amide bonds. The van der Waals surface area contributed by atoms with E-state index in [0.29, 0.717) is 5.92 Å². The van der Waals surface area contributed by atoms with Gasteiger partial charge in [-0.25, -0.2) is 0 Å². The van der Waals surface area contributed by atoms with Gasteiger partial charge in [0.2, 0.25) is 5.69 Å². The van der Waals surface area contributed by atoms with E-state index in [1.807, 2.05) is 0 Å². The van der Waals surface area contributed by atoms with Gasteiger partial charge in [-0.3, -0.25) is 0 Å². The fraction of sp³-hybridized carbons (Fsp3) is 0.387. The normalized spacial score (nSPS) is 16.8. The number of rotatable bonds is 6. The van der Waals surface area contributed by atoms with Gasteiger partial charge in [-0.2, -0.15) is 4.57 Å². The van der Waals surface area contributed by atoms with Crippen LogP contribution in [0.3, 0.4) is 0 Å². The highest BCUT2D eigenvalue weighted by Gasteiger charge is 2.51. The Labute approximate surface area is 193 Å². The van der Waals surface area contributed by atoms with Crippen LogP contribution in [0.1, 0.15) is 76.8 Å². The van der Waals surface area contributed by atoms with Crippen LogP contribution < -0.4 is 4.57 Å².